The van der Waals surface area contributed by atoms with Gasteiger partial charge in [0.2, 0.25) is 0 Å². The summed E-state index contributed by atoms with van der Waals surface area (Å²) in [4.78, 5) is 0. The molecule has 0 aromatic carbocycles. The lowest BCUT2D eigenvalue weighted by Crippen LogP contribution is -2.42. The van der Waals surface area contributed by atoms with Crippen LogP contribution in [0.4, 0.5) is 0 Å². The third kappa shape index (κ3) is 3.67. The highest BCUT2D eigenvalue weighted by Gasteiger charge is 2.28. The van der Waals surface area contributed by atoms with Gasteiger partial charge < -0.3 is 20.4 Å². The van der Waals surface area contributed by atoms with Crippen LogP contribution in [0.2, 0.25) is 0 Å². The van der Waals surface area contributed by atoms with Crippen molar-refractivity contribution in [1.82, 2.24) is 0 Å². The normalized spacial score (nSPS) is 19.4. The minimum Gasteiger partial charge on any atom is -0.396 e. The number of hydrogen-bond acceptors (Lipinski definition) is 4. The van der Waals surface area contributed by atoms with Crippen molar-refractivity contribution in [3.05, 3.63) is 0 Å². The van der Waals surface area contributed by atoms with E-state index in [1.165, 1.54) is 6.92 Å². The summed E-state index contributed by atoms with van der Waals surface area (Å²) in [5.74, 6) is 0. The zero-order chi connectivity index (χ0) is 8.91. The van der Waals surface area contributed by atoms with E-state index < -0.39 is 18.3 Å². The summed E-state index contributed by atoms with van der Waals surface area (Å²) in [6, 6.07) is 0. The number of hydrogen-bond donors (Lipinski definition) is 4. The summed E-state index contributed by atoms with van der Waals surface area (Å²) in [7, 11) is 0. The first-order chi connectivity index (χ1) is 5.04. The van der Waals surface area contributed by atoms with Gasteiger partial charge in [-0.25, -0.2) is 0 Å². The Labute approximate surface area is 66.1 Å². The van der Waals surface area contributed by atoms with Gasteiger partial charge in [0.05, 0.1) is 12.7 Å². The van der Waals surface area contributed by atoms with Crippen LogP contribution in [0, 0.1) is 0 Å². The molecule has 0 aliphatic carbocycles. The maximum absolute atomic E-state index is 9.24. The summed E-state index contributed by atoms with van der Waals surface area (Å²) >= 11 is 0. The topological polar surface area (TPSA) is 80.9 Å². The fourth-order valence-electron chi connectivity index (χ4n) is 0.701. The van der Waals surface area contributed by atoms with Gasteiger partial charge in [-0.15, -0.1) is 0 Å². The molecule has 4 nitrogen and oxygen atoms in total. The van der Waals surface area contributed by atoms with Crippen molar-refractivity contribution in [3.8, 4) is 0 Å². The smallest absolute Gasteiger partial charge is 0.111 e. The van der Waals surface area contributed by atoms with Gasteiger partial charge in [-0.05, 0) is 19.8 Å². The Bertz CT molecular complexity index is 103. The summed E-state index contributed by atoms with van der Waals surface area (Å²) in [5, 5.41) is 35.4. The van der Waals surface area contributed by atoms with Crippen molar-refractivity contribution in [1.29, 1.82) is 0 Å². The van der Waals surface area contributed by atoms with Gasteiger partial charge in [-0.3, -0.25) is 0 Å². The standard InChI is InChI=1S/C7H16O4/c1-7(11,5-9)6(10)3-2-4-8/h6,8-11H,2-5H2,1H3. The Morgan fingerprint density at radius 2 is 1.91 bits per heavy atom. The van der Waals surface area contributed by atoms with Crippen LogP contribution < -0.4 is 0 Å². The summed E-state index contributed by atoms with van der Waals surface area (Å²) in [6.07, 6.45) is -0.249. The first kappa shape index (κ1) is 10.8. The van der Waals surface area contributed by atoms with Crippen LogP contribution in [0.5, 0.6) is 0 Å². The third-order valence-corrected chi connectivity index (χ3v) is 1.67. The molecule has 2 unspecified atom stereocenters. The predicted octanol–water partition coefficient (Wildman–Crippen LogP) is -1.14. The van der Waals surface area contributed by atoms with Crippen LogP contribution >= 0.6 is 0 Å². The molecule has 2 atom stereocenters. The highest BCUT2D eigenvalue weighted by Crippen LogP contribution is 2.13. The van der Waals surface area contributed by atoms with Crippen molar-refractivity contribution < 1.29 is 20.4 Å². The molecule has 68 valence electrons. The molecule has 0 heterocycles. The Kier molecular flexibility index (Phi) is 4.60. The number of aliphatic hydroxyl groups is 4. The lowest BCUT2D eigenvalue weighted by molar-refractivity contribution is -0.0958. The molecule has 0 radical (unpaired) electrons. The molecule has 0 bridgehead atoms. The predicted molar refractivity (Wildman–Crippen MR) is 40.0 cm³/mol. The molecular weight excluding hydrogens is 148 g/mol. The Morgan fingerprint density at radius 3 is 2.27 bits per heavy atom. The summed E-state index contributed by atoms with van der Waals surface area (Å²) in [5.41, 5.74) is -1.45. The number of aliphatic hydroxyl groups excluding tert-OH is 3. The SMILES string of the molecule is CC(O)(CO)C(O)CCCO. The quantitative estimate of drug-likeness (QED) is 0.414. The van der Waals surface area contributed by atoms with Crippen molar-refractivity contribution in [3.63, 3.8) is 0 Å². The van der Waals surface area contributed by atoms with E-state index in [2.05, 4.69) is 0 Å². The van der Waals surface area contributed by atoms with E-state index in [4.69, 9.17) is 10.2 Å². The zero-order valence-corrected chi connectivity index (χ0v) is 6.69. The Balaban J connectivity index is 3.71. The van der Waals surface area contributed by atoms with Crippen molar-refractivity contribution >= 4 is 0 Å². The van der Waals surface area contributed by atoms with Gasteiger partial charge in [0, 0.05) is 6.61 Å². The highest BCUT2D eigenvalue weighted by molar-refractivity contribution is 4.80. The fourth-order valence-corrected chi connectivity index (χ4v) is 0.701. The molecule has 0 aromatic heterocycles. The van der Waals surface area contributed by atoms with E-state index in [-0.39, 0.29) is 6.61 Å². The molecule has 0 fully saturated rings. The summed E-state index contributed by atoms with van der Waals surface area (Å²) < 4.78 is 0. The molecule has 0 saturated carbocycles. The molecule has 4 N–H and O–H groups in total. The second-order valence-electron chi connectivity index (χ2n) is 2.90. The van der Waals surface area contributed by atoms with Crippen LogP contribution in [-0.4, -0.2) is 45.3 Å². The molecule has 0 amide bonds. The fraction of sp³-hybridized carbons (Fsp3) is 1.00. The highest BCUT2D eigenvalue weighted by atomic mass is 16.4. The van der Waals surface area contributed by atoms with Crippen LogP contribution in [0.1, 0.15) is 19.8 Å². The average molecular weight is 164 g/mol. The molecule has 0 saturated heterocycles. The van der Waals surface area contributed by atoms with Crippen LogP contribution in [0.3, 0.4) is 0 Å². The van der Waals surface area contributed by atoms with E-state index in [9.17, 15) is 10.2 Å². The summed E-state index contributed by atoms with van der Waals surface area (Å²) in [6.45, 7) is 0.868. The first-order valence-electron chi connectivity index (χ1n) is 3.66. The third-order valence-electron chi connectivity index (χ3n) is 1.67. The van der Waals surface area contributed by atoms with Gasteiger partial charge in [-0.1, -0.05) is 0 Å². The molecule has 0 aromatic rings. The average Bonchev–Trinajstić information content (AvgIpc) is 2.00. The maximum atomic E-state index is 9.24. The van der Waals surface area contributed by atoms with E-state index in [1.54, 1.807) is 0 Å². The molecule has 11 heavy (non-hydrogen) atoms. The Hall–Kier alpha value is -0.160. The second kappa shape index (κ2) is 4.66. The van der Waals surface area contributed by atoms with Crippen LogP contribution in [0.15, 0.2) is 0 Å². The van der Waals surface area contributed by atoms with Crippen molar-refractivity contribution in [2.75, 3.05) is 13.2 Å². The number of rotatable bonds is 5. The monoisotopic (exact) mass is 164 g/mol. The van der Waals surface area contributed by atoms with E-state index in [0.717, 1.165) is 0 Å². The Morgan fingerprint density at radius 1 is 1.36 bits per heavy atom. The molecule has 0 rings (SSSR count). The minimum absolute atomic E-state index is 0.0153. The molecule has 0 spiro atoms. The van der Waals surface area contributed by atoms with Gasteiger partial charge in [0.15, 0.2) is 0 Å². The molecular formula is C7H16O4. The van der Waals surface area contributed by atoms with E-state index >= 15 is 0 Å². The lowest BCUT2D eigenvalue weighted by Gasteiger charge is -2.26. The van der Waals surface area contributed by atoms with Gasteiger partial charge >= 0.3 is 0 Å². The largest absolute Gasteiger partial charge is 0.396 e. The second-order valence-corrected chi connectivity index (χ2v) is 2.90. The molecule has 4 heteroatoms. The molecule has 0 aliphatic heterocycles. The zero-order valence-electron chi connectivity index (χ0n) is 6.69. The maximum Gasteiger partial charge on any atom is 0.111 e. The van der Waals surface area contributed by atoms with Crippen LogP contribution in [-0.2, 0) is 0 Å². The van der Waals surface area contributed by atoms with Crippen molar-refractivity contribution in [2.45, 2.75) is 31.5 Å². The molecule has 0 aliphatic rings. The van der Waals surface area contributed by atoms with Gasteiger partial charge in [-0.2, -0.15) is 0 Å². The lowest BCUT2D eigenvalue weighted by atomic mass is 9.96. The van der Waals surface area contributed by atoms with E-state index in [0.29, 0.717) is 12.8 Å². The van der Waals surface area contributed by atoms with Gasteiger partial charge in [0.1, 0.15) is 5.60 Å². The van der Waals surface area contributed by atoms with Crippen LogP contribution in [0.25, 0.3) is 0 Å². The first-order valence-corrected chi connectivity index (χ1v) is 3.66. The van der Waals surface area contributed by atoms with Gasteiger partial charge in [0.25, 0.3) is 0 Å². The van der Waals surface area contributed by atoms with E-state index in [1.807, 2.05) is 0 Å². The minimum atomic E-state index is -1.45. The van der Waals surface area contributed by atoms with Crippen molar-refractivity contribution in [2.24, 2.45) is 0 Å².